The molecule has 0 bridgehead atoms. The third kappa shape index (κ3) is 3.65. The van der Waals surface area contributed by atoms with E-state index >= 15 is 0 Å². The van der Waals surface area contributed by atoms with Gasteiger partial charge in [-0.25, -0.2) is 4.98 Å². The Labute approximate surface area is 174 Å². The zero-order valence-corrected chi connectivity index (χ0v) is 17.0. The molecule has 0 aliphatic heterocycles. The Kier molecular flexibility index (Phi) is 4.80. The predicted molar refractivity (Wildman–Crippen MR) is 117 cm³/mol. The summed E-state index contributed by atoms with van der Waals surface area (Å²) in [7, 11) is 0. The SMILES string of the molecule is CC(C)(C)c1ccc(C(=O)Nc2c(C#N)cnn2-c2ccc3ccccc3n2)cc1. The summed E-state index contributed by atoms with van der Waals surface area (Å²) >= 11 is 0. The second kappa shape index (κ2) is 7.45. The molecule has 0 unspecified atom stereocenters. The van der Waals surface area contributed by atoms with Gasteiger partial charge in [0.25, 0.3) is 5.91 Å². The van der Waals surface area contributed by atoms with Crippen LogP contribution in [0.3, 0.4) is 0 Å². The van der Waals surface area contributed by atoms with Gasteiger partial charge in [0.1, 0.15) is 11.6 Å². The summed E-state index contributed by atoms with van der Waals surface area (Å²) in [5.74, 6) is 0.508. The van der Waals surface area contributed by atoms with Crippen molar-refractivity contribution < 1.29 is 4.79 Å². The quantitative estimate of drug-likeness (QED) is 0.538. The van der Waals surface area contributed by atoms with Gasteiger partial charge < -0.3 is 5.32 Å². The third-order valence-corrected chi connectivity index (χ3v) is 4.94. The van der Waals surface area contributed by atoms with Crippen molar-refractivity contribution in [1.82, 2.24) is 14.8 Å². The van der Waals surface area contributed by atoms with Crippen LogP contribution in [0.15, 0.2) is 66.9 Å². The highest BCUT2D eigenvalue weighted by molar-refractivity contribution is 6.04. The second-order valence-corrected chi connectivity index (χ2v) is 8.07. The molecule has 0 atom stereocenters. The van der Waals surface area contributed by atoms with E-state index in [1.807, 2.05) is 48.5 Å². The molecule has 6 nitrogen and oxygen atoms in total. The van der Waals surface area contributed by atoms with Crippen molar-refractivity contribution in [2.75, 3.05) is 5.32 Å². The van der Waals surface area contributed by atoms with Crippen LogP contribution in [0.2, 0.25) is 0 Å². The van der Waals surface area contributed by atoms with Crippen LogP contribution in [0.1, 0.15) is 42.3 Å². The second-order valence-electron chi connectivity index (χ2n) is 8.07. The number of fused-ring (bicyclic) bond motifs is 1. The predicted octanol–water partition coefficient (Wildman–Crippen LogP) is 4.84. The molecule has 1 amide bonds. The molecule has 0 aliphatic rings. The number of anilines is 1. The van der Waals surface area contributed by atoms with Gasteiger partial charge in [-0.2, -0.15) is 15.0 Å². The van der Waals surface area contributed by atoms with E-state index in [1.165, 1.54) is 10.9 Å². The zero-order valence-electron chi connectivity index (χ0n) is 17.0. The molecule has 4 rings (SSSR count). The molecule has 0 radical (unpaired) electrons. The molecule has 0 spiro atoms. The topological polar surface area (TPSA) is 83.6 Å². The number of para-hydroxylation sites is 1. The number of hydrogen-bond donors (Lipinski definition) is 1. The number of carbonyl (C=O) groups excluding carboxylic acids is 1. The van der Waals surface area contributed by atoms with Crippen molar-refractivity contribution in [2.24, 2.45) is 0 Å². The van der Waals surface area contributed by atoms with Gasteiger partial charge in [0.15, 0.2) is 11.6 Å². The molecule has 6 heteroatoms. The van der Waals surface area contributed by atoms with Gasteiger partial charge in [0.05, 0.1) is 11.7 Å². The summed E-state index contributed by atoms with van der Waals surface area (Å²) in [4.78, 5) is 17.5. The fourth-order valence-corrected chi connectivity index (χ4v) is 3.20. The smallest absolute Gasteiger partial charge is 0.256 e. The van der Waals surface area contributed by atoms with Crippen LogP contribution in [-0.4, -0.2) is 20.7 Å². The summed E-state index contributed by atoms with van der Waals surface area (Å²) in [6, 6.07) is 21.0. The molecule has 1 N–H and O–H groups in total. The van der Waals surface area contributed by atoms with Crippen LogP contribution >= 0.6 is 0 Å². The van der Waals surface area contributed by atoms with Crippen molar-refractivity contribution in [2.45, 2.75) is 26.2 Å². The van der Waals surface area contributed by atoms with E-state index in [1.54, 1.807) is 12.1 Å². The van der Waals surface area contributed by atoms with Crippen molar-refractivity contribution in [3.8, 4) is 11.9 Å². The molecule has 0 saturated carbocycles. The van der Waals surface area contributed by atoms with Gasteiger partial charge in [-0.05, 0) is 41.3 Å². The third-order valence-electron chi connectivity index (χ3n) is 4.94. The minimum atomic E-state index is -0.311. The molecule has 2 heterocycles. The van der Waals surface area contributed by atoms with Crippen LogP contribution in [0, 0.1) is 11.3 Å². The Bertz CT molecular complexity index is 1270. The first-order valence-electron chi connectivity index (χ1n) is 9.63. The van der Waals surface area contributed by atoms with E-state index in [-0.39, 0.29) is 16.9 Å². The Balaban J connectivity index is 1.68. The highest BCUT2D eigenvalue weighted by atomic mass is 16.1. The minimum absolute atomic E-state index is 0.00333. The van der Waals surface area contributed by atoms with Gasteiger partial charge >= 0.3 is 0 Å². The summed E-state index contributed by atoms with van der Waals surface area (Å²) in [5, 5.41) is 17.6. The van der Waals surface area contributed by atoms with E-state index in [2.05, 4.69) is 42.2 Å². The van der Waals surface area contributed by atoms with Crippen molar-refractivity contribution in [3.05, 3.63) is 83.6 Å². The molecule has 0 fully saturated rings. The number of rotatable bonds is 3. The van der Waals surface area contributed by atoms with E-state index in [4.69, 9.17) is 0 Å². The molecule has 2 aromatic carbocycles. The van der Waals surface area contributed by atoms with Gasteiger partial charge in [0, 0.05) is 10.9 Å². The molecule has 4 aromatic rings. The highest BCUT2D eigenvalue weighted by Crippen LogP contribution is 2.24. The van der Waals surface area contributed by atoms with Crippen LogP contribution in [0.25, 0.3) is 16.7 Å². The maximum atomic E-state index is 12.9. The molecular formula is C24H21N5O. The van der Waals surface area contributed by atoms with E-state index in [0.29, 0.717) is 17.2 Å². The fraction of sp³-hybridized carbons (Fsp3) is 0.167. The van der Waals surface area contributed by atoms with Gasteiger partial charge in [0.2, 0.25) is 0 Å². The number of hydrogen-bond acceptors (Lipinski definition) is 4. The maximum absolute atomic E-state index is 12.9. The Morgan fingerprint density at radius 1 is 1.03 bits per heavy atom. The Morgan fingerprint density at radius 3 is 2.47 bits per heavy atom. The van der Waals surface area contributed by atoms with Crippen molar-refractivity contribution in [1.29, 1.82) is 5.26 Å². The molecule has 148 valence electrons. The lowest BCUT2D eigenvalue weighted by atomic mass is 9.87. The number of nitrogens with zero attached hydrogens (tertiary/aromatic N) is 4. The molecule has 2 aromatic heterocycles. The summed E-state index contributed by atoms with van der Waals surface area (Å²) < 4.78 is 1.48. The lowest BCUT2D eigenvalue weighted by Crippen LogP contribution is -2.17. The van der Waals surface area contributed by atoms with Crippen LogP contribution in [0.4, 0.5) is 5.82 Å². The van der Waals surface area contributed by atoms with E-state index in [9.17, 15) is 10.1 Å². The standard InChI is InChI=1S/C24H21N5O/c1-24(2,3)19-11-8-17(9-12-19)23(30)28-22-18(14-25)15-26-29(22)21-13-10-16-6-4-5-7-20(16)27-21/h4-13,15H,1-3H3,(H,28,30). The lowest BCUT2D eigenvalue weighted by molar-refractivity contribution is 0.102. The molecular weight excluding hydrogens is 374 g/mol. The fourth-order valence-electron chi connectivity index (χ4n) is 3.20. The summed E-state index contributed by atoms with van der Waals surface area (Å²) in [6.07, 6.45) is 1.43. The van der Waals surface area contributed by atoms with Gasteiger partial charge in [-0.15, -0.1) is 0 Å². The summed E-state index contributed by atoms with van der Waals surface area (Å²) in [6.45, 7) is 6.36. The van der Waals surface area contributed by atoms with Crippen LogP contribution in [-0.2, 0) is 5.41 Å². The number of amides is 1. The highest BCUT2D eigenvalue weighted by Gasteiger charge is 2.18. The van der Waals surface area contributed by atoms with Gasteiger partial charge in [-0.3, -0.25) is 4.79 Å². The first kappa shape index (κ1) is 19.3. The molecule has 30 heavy (non-hydrogen) atoms. The number of pyridine rings is 1. The average Bonchev–Trinajstić information content (AvgIpc) is 3.15. The van der Waals surface area contributed by atoms with E-state index in [0.717, 1.165) is 16.5 Å². The monoisotopic (exact) mass is 395 g/mol. The van der Waals surface area contributed by atoms with Gasteiger partial charge in [-0.1, -0.05) is 51.1 Å². The normalized spacial score (nSPS) is 11.3. The summed E-state index contributed by atoms with van der Waals surface area (Å²) in [5.41, 5.74) is 2.72. The zero-order chi connectivity index (χ0) is 21.3. The first-order chi connectivity index (χ1) is 14.4. The van der Waals surface area contributed by atoms with Crippen LogP contribution in [0.5, 0.6) is 0 Å². The van der Waals surface area contributed by atoms with Crippen molar-refractivity contribution in [3.63, 3.8) is 0 Å². The minimum Gasteiger partial charge on any atom is -0.305 e. The number of nitriles is 1. The van der Waals surface area contributed by atoms with Crippen molar-refractivity contribution >= 4 is 22.6 Å². The Hall–Kier alpha value is -3.98. The number of carbonyl (C=O) groups is 1. The number of nitrogens with one attached hydrogen (secondary N) is 1. The number of aromatic nitrogens is 3. The lowest BCUT2D eigenvalue weighted by Gasteiger charge is -2.19. The van der Waals surface area contributed by atoms with Crippen LogP contribution < -0.4 is 5.32 Å². The number of benzene rings is 2. The molecule has 0 aliphatic carbocycles. The Morgan fingerprint density at radius 2 is 1.77 bits per heavy atom. The maximum Gasteiger partial charge on any atom is 0.256 e. The first-order valence-corrected chi connectivity index (χ1v) is 9.63. The average molecular weight is 395 g/mol. The largest absolute Gasteiger partial charge is 0.305 e. The molecule has 0 saturated heterocycles. The van der Waals surface area contributed by atoms with E-state index < -0.39 is 0 Å².